The van der Waals surface area contributed by atoms with Gasteiger partial charge >= 0.3 is 5.97 Å². The zero-order valence-corrected chi connectivity index (χ0v) is 9.58. The minimum Gasteiger partial charge on any atom is -0.477 e. The number of amides is 2. The van der Waals surface area contributed by atoms with Crippen molar-refractivity contribution in [1.29, 1.82) is 0 Å². The average molecular weight is 249 g/mol. The van der Waals surface area contributed by atoms with Gasteiger partial charge in [-0.3, -0.25) is 14.9 Å². The van der Waals surface area contributed by atoms with Crippen molar-refractivity contribution in [3.05, 3.63) is 24.0 Å². The molecule has 1 saturated heterocycles. The van der Waals surface area contributed by atoms with Crippen molar-refractivity contribution in [2.75, 3.05) is 11.4 Å². The van der Waals surface area contributed by atoms with Gasteiger partial charge in [0.15, 0.2) is 0 Å². The molecule has 2 rings (SSSR count). The van der Waals surface area contributed by atoms with Gasteiger partial charge in [0, 0.05) is 0 Å². The van der Waals surface area contributed by atoms with Crippen LogP contribution in [0, 0.1) is 0 Å². The van der Waals surface area contributed by atoms with E-state index in [1.807, 2.05) is 0 Å². The van der Waals surface area contributed by atoms with E-state index in [9.17, 15) is 14.4 Å². The molecule has 0 radical (unpaired) electrons. The summed E-state index contributed by atoms with van der Waals surface area (Å²) in [6.45, 7) is 1.70. The van der Waals surface area contributed by atoms with Crippen molar-refractivity contribution in [2.45, 2.75) is 13.0 Å². The number of rotatable bonds is 2. The molecule has 7 nitrogen and oxygen atoms in total. The lowest BCUT2D eigenvalue weighted by Gasteiger charge is -2.33. The molecule has 1 fully saturated rings. The quantitative estimate of drug-likeness (QED) is 0.694. The SMILES string of the molecule is CC1C(=O)NC(=O)CN1c1ccc(C(=O)O)nc1. The maximum absolute atomic E-state index is 11.5. The van der Waals surface area contributed by atoms with Gasteiger partial charge in [0.2, 0.25) is 11.8 Å². The topological polar surface area (TPSA) is 99.6 Å². The van der Waals surface area contributed by atoms with Gasteiger partial charge in [-0.05, 0) is 19.1 Å². The maximum atomic E-state index is 11.5. The molecule has 0 spiro atoms. The van der Waals surface area contributed by atoms with E-state index in [1.165, 1.54) is 18.3 Å². The summed E-state index contributed by atoms with van der Waals surface area (Å²) in [5.74, 6) is -1.89. The molecule has 2 amide bonds. The molecule has 0 aliphatic carbocycles. The molecule has 7 heteroatoms. The lowest BCUT2D eigenvalue weighted by atomic mass is 10.2. The van der Waals surface area contributed by atoms with Gasteiger partial charge < -0.3 is 10.0 Å². The number of anilines is 1. The van der Waals surface area contributed by atoms with Gasteiger partial charge in [-0.1, -0.05) is 0 Å². The third kappa shape index (κ3) is 2.15. The lowest BCUT2D eigenvalue weighted by molar-refractivity contribution is -0.132. The van der Waals surface area contributed by atoms with Crippen LogP contribution in [0.1, 0.15) is 17.4 Å². The number of nitrogens with zero attached hydrogens (tertiary/aromatic N) is 2. The predicted molar refractivity (Wildman–Crippen MR) is 61.2 cm³/mol. The second-order valence-electron chi connectivity index (χ2n) is 3.92. The van der Waals surface area contributed by atoms with Gasteiger partial charge in [-0.2, -0.15) is 0 Å². The highest BCUT2D eigenvalue weighted by Gasteiger charge is 2.30. The van der Waals surface area contributed by atoms with Crippen molar-refractivity contribution in [1.82, 2.24) is 10.3 Å². The Hall–Kier alpha value is -2.44. The Morgan fingerprint density at radius 2 is 2.22 bits per heavy atom. The molecule has 18 heavy (non-hydrogen) atoms. The molecule has 2 heterocycles. The number of carbonyl (C=O) groups is 3. The number of imide groups is 1. The minimum absolute atomic E-state index is 0.0427. The number of pyridine rings is 1. The van der Waals surface area contributed by atoms with Crippen molar-refractivity contribution < 1.29 is 19.5 Å². The summed E-state index contributed by atoms with van der Waals surface area (Å²) < 4.78 is 0. The number of hydrogen-bond donors (Lipinski definition) is 2. The first-order valence-corrected chi connectivity index (χ1v) is 5.28. The van der Waals surface area contributed by atoms with Gasteiger partial charge in [-0.15, -0.1) is 0 Å². The van der Waals surface area contributed by atoms with E-state index in [-0.39, 0.29) is 24.1 Å². The highest BCUT2D eigenvalue weighted by atomic mass is 16.4. The molecule has 0 bridgehead atoms. The zero-order chi connectivity index (χ0) is 13.3. The average Bonchev–Trinajstić information content (AvgIpc) is 2.34. The number of carboxylic acid groups (broad SMARTS) is 1. The van der Waals surface area contributed by atoms with Crippen LogP contribution in [0.5, 0.6) is 0 Å². The second-order valence-corrected chi connectivity index (χ2v) is 3.92. The number of piperazine rings is 1. The Bertz CT molecular complexity index is 512. The molecule has 0 aromatic carbocycles. The number of carboxylic acids is 1. The van der Waals surface area contributed by atoms with Crippen molar-refractivity contribution in [3.63, 3.8) is 0 Å². The predicted octanol–water partition coefficient (Wildman–Crippen LogP) is -0.369. The summed E-state index contributed by atoms with van der Waals surface area (Å²) in [7, 11) is 0. The van der Waals surface area contributed by atoms with Crippen LogP contribution >= 0.6 is 0 Å². The highest BCUT2D eigenvalue weighted by molar-refractivity contribution is 6.04. The summed E-state index contributed by atoms with van der Waals surface area (Å²) in [5.41, 5.74) is 0.454. The molecular weight excluding hydrogens is 238 g/mol. The molecule has 1 aliphatic rings. The van der Waals surface area contributed by atoms with E-state index in [4.69, 9.17) is 5.11 Å². The first kappa shape index (κ1) is 12.0. The first-order chi connectivity index (χ1) is 8.49. The Kier molecular flexibility index (Phi) is 2.97. The van der Waals surface area contributed by atoms with Crippen LogP contribution in [0.15, 0.2) is 18.3 Å². The fourth-order valence-electron chi connectivity index (χ4n) is 1.71. The van der Waals surface area contributed by atoms with E-state index in [0.717, 1.165) is 0 Å². The minimum atomic E-state index is -1.12. The lowest BCUT2D eigenvalue weighted by Crippen LogP contribution is -2.57. The monoisotopic (exact) mass is 249 g/mol. The van der Waals surface area contributed by atoms with Crippen LogP contribution in [0.2, 0.25) is 0 Å². The van der Waals surface area contributed by atoms with Crippen LogP contribution < -0.4 is 10.2 Å². The smallest absolute Gasteiger partial charge is 0.354 e. The summed E-state index contributed by atoms with van der Waals surface area (Å²) in [5, 5.41) is 11.0. The van der Waals surface area contributed by atoms with Crippen LogP contribution in [-0.2, 0) is 9.59 Å². The maximum Gasteiger partial charge on any atom is 0.354 e. The highest BCUT2D eigenvalue weighted by Crippen LogP contribution is 2.18. The number of carbonyl (C=O) groups excluding carboxylic acids is 2. The Morgan fingerprint density at radius 3 is 2.78 bits per heavy atom. The summed E-state index contributed by atoms with van der Waals surface area (Å²) >= 11 is 0. The molecule has 1 aromatic rings. The fourth-order valence-corrected chi connectivity index (χ4v) is 1.71. The van der Waals surface area contributed by atoms with Crippen molar-refractivity contribution >= 4 is 23.5 Å². The molecule has 1 unspecified atom stereocenters. The van der Waals surface area contributed by atoms with E-state index in [1.54, 1.807) is 11.8 Å². The van der Waals surface area contributed by atoms with Crippen molar-refractivity contribution in [3.8, 4) is 0 Å². The third-order valence-corrected chi connectivity index (χ3v) is 2.72. The number of aromatic nitrogens is 1. The van der Waals surface area contributed by atoms with Crippen LogP contribution in [0.3, 0.4) is 0 Å². The second kappa shape index (κ2) is 4.44. The normalized spacial score (nSPS) is 19.6. The molecule has 0 saturated carbocycles. The summed E-state index contributed by atoms with van der Waals surface area (Å²) in [6.07, 6.45) is 1.34. The van der Waals surface area contributed by atoms with Gasteiger partial charge in [0.05, 0.1) is 18.4 Å². The summed E-state index contributed by atoms with van der Waals surface area (Å²) in [6, 6.07) is 2.36. The Balaban J connectivity index is 2.27. The fraction of sp³-hybridized carbons (Fsp3) is 0.273. The number of hydrogen-bond acceptors (Lipinski definition) is 5. The molecule has 1 aliphatic heterocycles. The van der Waals surface area contributed by atoms with Gasteiger partial charge in [0.1, 0.15) is 11.7 Å². The zero-order valence-electron chi connectivity index (χ0n) is 9.58. The standard InChI is InChI=1S/C11H11N3O4/c1-6-10(16)13-9(15)5-14(6)7-2-3-8(11(17)18)12-4-7/h2-4,6H,5H2,1H3,(H,17,18)(H,13,15,16). The third-order valence-electron chi connectivity index (χ3n) is 2.72. The number of aromatic carboxylic acids is 1. The number of nitrogens with one attached hydrogen (secondary N) is 1. The molecule has 1 aromatic heterocycles. The van der Waals surface area contributed by atoms with Crippen molar-refractivity contribution in [2.24, 2.45) is 0 Å². The Morgan fingerprint density at radius 1 is 1.50 bits per heavy atom. The van der Waals surface area contributed by atoms with Crippen LogP contribution in [-0.4, -0.2) is 40.5 Å². The molecule has 1 atom stereocenters. The van der Waals surface area contributed by atoms with E-state index < -0.39 is 12.0 Å². The van der Waals surface area contributed by atoms with Crippen LogP contribution in [0.4, 0.5) is 5.69 Å². The Labute approximate surface area is 102 Å². The summed E-state index contributed by atoms with van der Waals surface area (Å²) in [4.78, 5) is 38.8. The molecular formula is C11H11N3O4. The molecule has 2 N–H and O–H groups in total. The van der Waals surface area contributed by atoms with E-state index >= 15 is 0 Å². The largest absolute Gasteiger partial charge is 0.477 e. The van der Waals surface area contributed by atoms with E-state index in [2.05, 4.69) is 10.3 Å². The van der Waals surface area contributed by atoms with Gasteiger partial charge in [-0.25, -0.2) is 9.78 Å². The molecule has 94 valence electrons. The van der Waals surface area contributed by atoms with E-state index in [0.29, 0.717) is 5.69 Å². The van der Waals surface area contributed by atoms with Gasteiger partial charge in [0.25, 0.3) is 0 Å². The first-order valence-electron chi connectivity index (χ1n) is 5.28. The van der Waals surface area contributed by atoms with Crippen LogP contribution in [0.25, 0.3) is 0 Å².